The van der Waals surface area contributed by atoms with Crippen LogP contribution in [0.15, 0.2) is 296 Å². The van der Waals surface area contributed by atoms with Gasteiger partial charge in [0.05, 0.1) is 11.0 Å². The first-order valence-electron chi connectivity index (χ1n) is 25.6. The first-order chi connectivity index (χ1) is 37.1. The predicted octanol–water partition coefficient (Wildman–Crippen LogP) is 20.2. The van der Waals surface area contributed by atoms with Crippen molar-refractivity contribution in [2.75, 3.05) is 4.90 Å². The summed E-state index contributed by atoms with van der Waals surface area (Å²) in [5.41, 5.74) is 22.4. The second kappa shape index (κ2) is 18.6. The van der Waals surface area contributed by atoms with Crippen molar-refractivity contribution in [1.82, 2.24) is 4.57 Å². The number of rotatable bonds is 10. The van der Waals surface area contributed by atoms with Gasteiger partial charge in [-0.2, -0.15) is 0 Å². The summed E-state index contributed by atoms with van der Waals surface area (Å²) in [5, 5.41) is 4.69. The summed E-state index contributed by atoms with van der Waals surface area (Å²) in [6.45, 7) is 0. The van der Waals surface area contributed by atoms with Gasteiger partial charge in [-0.15, -0.1) is 0 Å². The van der Waals surface area contributed by atoms with E-state index in [4.69, 9.17) is 4.42 Å². The molecular weight excluding hydrogens is 909 g/mol. The largest absolute Gasteiger partial charge is 0.456 e. The van der Waals surface area contributed by atoms with E-state index in [1.165, 1.54) is 44.1 Å². The molecule has 2 heterocycles. The normalized spacial score (nSPS) is 11.5. The van der Waals surface area contributed by atoms with Gasteiger partial charge in [0.2, 0.25) is 0 Å². The molecule has 0 aliphatic heterocycles. The van der Waals surface area contributed by atoms with E-state index in [0.29, 0.717) is 0 Å². The van der Waals surface area contributed by atoms with Gasteiger partial charge in [0, 0.05) is 44.3 Å². The van der Waals surface area contributed by atoms with Crippen LogP contribution in [0.5, 0.6) is 0 Å². The van der Waals surface area contributed by atoms with Gasteiger partial charge in [-0.3, -0.25) is 0 Å². The minimum absolute atomic E-state index is 0.881. The topological polar surface area (TPSA) is 21.3 Å². The smallest absolute Gasteiger partial charge is 0.136 e. The molecule has 0 radical (unpaired) electrons. The highest BCUT2D eigenvalue weighted by Gasteiger charge is 2.18. The zero-order valence-corrected chi connectivity index (χ0v) is 41.0. The SMILES string of the molecule is c1ccc(-c2ccc(N(c3ccc(-c4ccccc4)cc3)c3cccc(-c4cccc(-c5cc(-c6ccc7c(c6)oc6ccccc67)cc(-c6ccc7c(c6)c6ccccc6n7-c6ccccc6)c5)c4)c3)cc2)cc1. The van der Waals surface area contributed by atoms with Crippen LogP contribution >= 0.6 is 0 Å². The summed E-state index contributed by atoms with van der Waals surface area (Å²) in [6, 6.07) is 105. The van der Waals surface area contributed by atoms with Crippen LogP contribution in [0.4, 0.5) is 17.1 Å². The lowest BCUT2D eigenvalue weighted by Crippen LogP contribution is -2.10. The van der Waals surface area contributed by atoms with Gasteiger partial charge in [-0.1, -0.05) is 182 Å². The van der Waals surface area contributed by atoms with E-state index >= 15 is 0 Å². The summed E-state index contributed by atoms with van der Waals surface area (Å²) >= 11 is 0. The maximum Gasteiger partial charge on any atom is 0.136 e. The monoisotopic (exact) mass is 956 g/mol. The summed E-state index contributed by atoms with van der Waals surface area (Å²) in [7, 11) is 0. The van der Waals surface area contributed by atoms with Crippen LogP contribution in [0.25, 0.3) is 116 Å². The Kier molecular flexibility index (Phi) is 10.8. The number of hydrogen-bond donors (Lipinski definition) is 0. The van der Waals surface area contributed by atoms with Crippen LogP contribution in [-0.2, 0) is 0 Å². The molecule has 0 aliphatic rings. The molecule has 0 spiro atoms. The number of hydrogen-bond acceptors (Lipinski definition) is 2. The van der Waals surface area contributed by atoms with Crippen LogP contribution in [0.3, 0.4) is 0 Å². The number of benzene rings is 12. The fraction of sp³-hybridized carbons (Fsp3) is 0. The fourth-order valence-corrected chi connectivity index (χ4v) is 11.1. The van der Waals surface area contributed by atoms with Gasteiger partial charge < -0.3 is 13.9 Å². The first kappa shape index (κ1) is 43.8. The average molecular weight is 957 g/mol. The average Bonchev–Trinajstić information content (AvgIpc) is 4.06. The third-order valence-electron chi connectivity index (χ3n) is 14.8. The summed E-state index contributed by atoms with van der Waals surface area (Å²) in [6.07, 6.45) is 0. The Morgan fingerprint density at radius 3 is 1.31 bits per heavy atom. The fourth-order valence-electron chi connectivity index (χ4n) is 11.1. The lowest BCUT2D eigenvalue weighted by molar-refractivity contribution is 0.669. The van der Waals surface area contributed by atoms with Gasteiger partial charge >= 0.3 is 0 Å². The molecule has 3 heteroatoms. The number of aromatic nitrogens is 1. The number of furan rings is 1. The third kappa shape index (κ3) is 8.14. The van der Waals surface area contributed by atoms with Gasteiger partial charge in [0.15, 0.2) is 0 Å². The minimum Gasteiger partial charge on any atom is -0.456 e. The Labute approximate surface area is 436 Å². The number of nitrogens with zero attached hydrogens (tertiary/aromatic N) is 2. The Balaban J connectivity index is 0.882. The van der Waals surface area contributed by atoms with Crippen LogP contribution < -0.4 is 4.90 Å². The van der Waals surface area contributed by atoms with Crippen LogP contribution in [0, 0.1) is 0 Å². The van der Waals surface area contributed by atoms with Crippen molar-refractivity contribution >= 4 is 60.8 Å². The molecule has 0 fully saturated rings. The van der Waals surface area contributed by atoms with Crippen molar-refractivity contribution < 1.29 is 4.42 Å². The molecule has 75 heavy (non-hydrogen) atoms. The quantitative estimate of drug-likeness (QED) is 0.136. The molecule has 12 aromatic carbocycles. The number of para-hydroxylation sites is 3. The summed E-state index contributed by atoms with van der Waals surface area (Å²) < 4.78 is 8.84. The molecule has 0 bridgehead atoms. The summed E-state index contributed by atoms with van der Waals surface area (Å²) in [4.78, 5) is 2.36. The minimum atomic E-state index is 0.881. The third-order valence-corrected chi connectivity index (χ3v) is 14.8. The first-order valence-corrected chi connectivity index (χ1v) is 25.6. The van der Waals surface area contributed by atoms with Gasteiger partial charge in [-0.05, 0) is 176 Å². The standard InChI is InChI=1S/C72H48N2O/c1-4-16-49(17-5-1)51-30-36-62(37-31-51)73(63-38-32-52(33-39-63)50-18-6-2-7-19-50)64-25-15-22-55(46-64)53-20-14-21-54(42-53)58-43-59(45-60(44-58)57-34-40-67-66-27-11-13-29-71(66)75-72(67)48-57)56-35-41-70-68(47-56)65-26-10-12-28-69(65)74(70)61-23-8-3-9-24-61/h1-48H. The van der Waals surface area contributed by atoms with Crippen LogP contribution in [-0.4, -0.2) is 4.57 Å². The van der Waals surface area contributed by atoms with E-state index in [1.54, 1.807) is 0 Å². The zero-order chi connectivity index (χ0) is 49.7. The molecule has 0 saturated carbocycles. The maximum absolute atomic E-state index is 6.46. The van der Waals surface area contributed by atoms with E-state index in [0.717, 1.165) is 89.2 Å². The van der Waals surface area contributed by atoms with E-state index < -0.39 is 0 Å². The van der Waals surface area contributed by atoms with E-state index in [9.17, 15) is 0 Å². The van der Waals surface area contributed by atoms with Crippen LogP contribution in [0.1, 0.15) is 0 Å². The number of anilines is 3. The van der Waals surface area contributed by atoms with Crippen molar-refractivity contribution in [2.24, 2.45) is 0 Å². The molecular formula is C72H48N2O. The molecule has 0 atom stereocenters. The van der Waals surface area contributed by atoms with Crippen molar-refractivity contribution in [2.45, 2.75) is 0 Å². The highest BCUT2D eigenvalue weighted by molar-refractivity contribution is 6.11. The Morgan fingerprint density at radius 2 is 0.653 bits per heavy atom. The summed E-state index contributed by atoms with van der Waals surface area (Å²) in [5.74, 6) is 0. The van der Waals surface area contributed by atoms with Crippen molar-refractivity contribution in [3.8, 4) is 72.4 Å². The second-order valence-electron chi connectivity index (χ2n) is 19.3. The van der Waals surface area contributed by atoms with E-state index in [2.05, 4.69) is 289 Å². The van der Waals surface area contributed by atoms with Gasteiger partial charge in [0.1, 0.15) is 11.2 Å². The lowest BCUT2D eigenvalue weighted by atomic mass is 9.91. The molecule has 352 valence electrons. The van der Waals surface area contributed by atoms with E-state index in [1.807, 2.05) is 12.1 Å². The van der Waals surface area contributed by atoms with Gasteiger partial charge in [0.25, 0.3) is 0 Å². The number of fused-ring (bicyclic) bond motifs is 6. The Bertz CT molecular complexity index is 4300. The van der Waals surface area contributed by atoms with Crippen molar-refractivity contribution in [1.29, 1.82) is 0 Å². The molecule has 0 unspecified atom stereocenters. The molecule has 0 N–H and O–H groups in total. The molecule has 2 aromatic heterocycles. The zero-order valence-electron chi connectivity index (χ0n) is 41.0. The maximum atomic E-state index is 6.46. The van der Waals surface area contributed by atoms with Crippen molar-refractivity contribution in [3.05, 3.63) is 291 Å². The van der Waals surface area contributed by atoms with Gasteiger partial charge in [-0.25, -0.2) is 0 Å². The predicted molar refractivity (Wildman–Crippen MR) is 315 cm³/mol. The Hall–Kier alpha value is -9.96. The second-order valence-corrected chi connectivity index (χ2v) is 19.3. The van der Waals surface area contributed by atoms with Crippen LogP contribution in [0.2, 0.25) is 0 Å². The Morgan fingerprint density at radius 1 is 0.227 bits per heavy atom. The van der Waals surface area contributed by atoms with E-state index in [-0.39, 0.29) is 0 Å². The lowest BCUT2D eigenvalue weighted by Gasteiger charge is -2.26. The molecule has 14 aromatic rings. The highest BCUT2D eigenvalue weighted by Crippen LogP contribution is 2.42. The molecule has 0 aliphatic carbocycles. The molecule has 0 saturated heterocycles. The molecule has 3 nitrogen and oxygen atoms in total. The molecule has 14 rings (SSSR count). The highest BCUT2D eigenvalue weighted by atomic mass is 16.3. The van der Waals surface area contributed by atoms with Crippen molar-refractivity contribution in [3.63, 3.8) is 0 Å². The molecule has 0 amide bonds.